The summed E-state index contributed by atoms with van der Waals surface area (Å²) < 4.78 is 5.06. The van der Waals surface area contributed by atoms with Crippen LogP contribution in [0, 0.1) is 6.92 Å². The van der Waals surface area contributed by atoms with Gasteiger partial charge in [0.05, 0.1) is 0 Å². The van der Waals surface area contributed by atoms with Gasteiger partial charge in [-0.3, -0.25) is 4.98 Å². The Morgan fingerprint density at radius 3 is 2.68 bits per heavy atom. The second-order valence-electron chi connectivity index (χ2n) is 5.48. The summed E-state index contributed by atoms with van der Waals surface area (Å²) in [4.78, 5) is 27.2. The van der Waals surface area contributed by atoms with E-state index < -0.39 is 18.1 Å². The molecule has 0 aliphatic rings. The number of carbonyl (C=O) groups excluding carboxylic acids is 1. The molecule has 1 aromatic carbocycles. The number of aliphatic carboxylic acids is 1. The van der Waals surface area contributed by atoms with Crippen molar-refractivity contribution in [3.63, 3.8) is 0 Å². The number of amides is 1. The number of nitrogens with zero attached hydrogens (tertiary/aromatic N) is 1. The molecule has 2 aromatic rings. The number of hydrogen-bond donors (Lipinski definition) is 2. The van der Waals surface area contributed by atoms with Crippen LogP contribution in [0.5, 0.6) is 0 Å². The highest BCUT2D eigenvalue weighted by Gasteiger charge is 2.20. The number of ether oxygens (including phenoxy) is 1. The zero-order chi connectivity index (χ0) is 18.1. The molecule has 6 nitrogen and oxygen atoms in total. The van der Waals surface area contributed by atoms with E-state index >= 15 is 0 Å². The van der Waals surface area contributed by atoms with Crippen molar-refractivity contribution in [1.29, 1.82) is 0 Å². The molecule has 1 unspecified atom stereocenters. The molecule has 132 valence electrons. The Balaban J connectivity index is 1.77. The first-order valence-corrected chi connectivity index (χ1v) is 8.88. The summed E-state index contributed by atoms with van der Waals surface area (Å²) in [6.07, 6.45) is 2.77. The topological polar surface area (TPSA) is 88.5 Å². The van der Waals surface area contributed by atoms with E-state index in [1.165, 1.54) is 11.8 Å². The van der Waals surface area contributed by atoms with Crippen molar-refractivity contribution in [3.8, 4) is 0 Å². The molecule has 0 spiro atoms. The van der Waals surface area contributed by atoms with Crippen LogP contribution >= 0.6 is 11.8 Å². The molecule has 1 atom stereocenters. The van der Waals surface area contributed by atoms with Gasteiger partial charge < -0.3 is 15.2 Å². The average molecular weight is 360 g/mol. The van der Waals surface area contributed by atoms with Crippen LogP contribution in [-0.4, -0.2) is 33.9 Å². The van der Waals surface area contributed by atoms with Crippen LogP contribution in [0.15, 0.2) is 48.8 Å². The molecule has 0 saturated carbocycles. The molecule has 0 fully saturated rings. The third-order valence-electron chi connectivity index (χ3n) is 3.29. The van der Waals surface area contributed by atoms with E-state index in [1.807, 2.05) is 43.3 Å². The Kier molecular flexibility index (Phi) is 7.28. The molecule has 7 heteroatoms. The smallest absolute Gasteiger partial charge is 0.408 e. The summed E-state index contributed by atoms with van der Waals surface area (Å²) in [7, 11) is 0. The second kappa shape index (κ2) is 9.68. The van der Waals surface area contributed by atoms with Gasteiger partial charge >= 0.3 is 12.1 Å². The largest absolute Gasteiger partial charge is 0.480 e. The lowest BCUT2D eigenvalue weighted by Gasteiger charge is -2.14. The van der Waals surface area contributed by atoms with E-state index in [2.05, 4.69) is 10.3 Å². The van der Waals surface area contributed by atoms with Crippen LogP contribution in [-0.2, 0) is 21.9 Å². The fourth-order valence-corrected chi connectivity index (χ4v) is 3.05. The molecule has 0 aliphatic heterocycles. The van der Waals surface area contributed by atoms with Gasteiger partial charge in [0.1, 0.15) is 12.6 Å². The summed E-state index contributed by atoms with van der Waals surface area (Å²) in [5.74, 6) is -0.227. The minimum Gasteiger partial charge on any atom is -0.480 e. The van der Waals surface area contributed by atoms with Crippen molar-refractivity contribution in [3.05, 3.63) is 65.5 Å². The third kappa shape index (κ3) is 6.84. The summed E-state index contributed by atoms with van der Waals surface area (Å²) in [5.41, 5.74) is 2.90. The highest BCUT2D eigenvalue weighted by Crippen LogP contribution is 2.14. The first kappa shape index (κ1) is 18.8. The monoisotopic (exact) mass is 360 g/mol. The molecule has 2 N–H and O–H groups in total. The highest BCUT2D eigenvalue weighted by atomic mass is 32.2. The maximum Gasteiger partial charge on any atom is 0.408 e. The predicted octanol–water partition coefficient (Wildman–Crippen LogP) is 3.00. The first-order valence-electron chi connectivity index (χ1n) is 7.73. The molecule has 0 radical (unpaired) electrons. The van der Waals surface area contributed by atoms with Crippen molar-refractivity contribution in [2.75, 3.05) is 5.75 Å². The molecule has 1 heterocycles. The fourth-order valence-electron chi connectivity index (χ4n) is 2.07. The molecule has 0 bridgehead atoms. The Morgan fingerprint density at radius 2 is 2.00 bits per heavy atom. The Hall–Kier alpha value is -2.54. The van der Waals surface area contributed by atoms with Crippen LogP contribution in [0.2, 0.25) is 0 Å². The molecular weight excluding hydrogens is 340 g/mol. The number of carboxylic acids is 1. The van der Waals surface area contributed by atoms with Crippen LogP contribution in [0.3, 0.4) is 0 Å². The van der Waals surface area contributed by atoms with Gasteiger partial charge in [-0.2, -0.15) is 11.8 Å². The van der Waals surface area contributed by atoms with E-state index in [9.17, 15) is 14.7 Å². The number of carbonyl (C=O) groups is 2. The molecule has 25 heavy (non-hydrogen) atoms. The lowest BCUT2D eigenvalue weighted by Crippen LogP contribution is -2.42. The number of rotatable bonds is 8. The summed E-state index contributed by atoms with van der Waals surface area (Å²) >= 11 is 1.42. The van der Waals surface area contributed by atoms with Gasteiger partial charge in [0.15, 0.2) is 0 Å². The maximum atomic E-state index is 11.8. The zero-order valence-corrected chi connectivity index (χ0v) is 14.7. The van der Waals surface area contributed by atoms with Crippen molar-refractivity contribution >= 4 is 23.8 Å². The van der Waals surface area contributed by atoms with Gasteiger partial charge in [-0.1, -0.05) is 36.4 Å². The van der Waals surface area contributed by atoms with Crippen LogP contribution in [0.4, 0.5) is 4.79 Å². The number of aryl methyl sites for hydroxylation is 1. The molecule has 1 aromatic heterocycles. The predicted molar refractivity (Wildman–Crippen MR) is 96.3 cm³/mol. The van der Waals surface area contributed by atoms with Gasteiger partial charge in [-0.25, -0.2) is 9.59 Å². The molecular formula is C18H20N2O4S. The molecule has 1 amide bonds. The standard InChI is InChI=1S/C18H20N2O4S/c1-13-7-15(9-19-8-13)11-25-12-16(17(21)22)20-18(23)24-10-14-5-3-2-4-6-14/h2-9,16H,10-12H2,1H3,(H,20,23)(H,21,22). The fraction of sp³-hybridized carbons (Fsp3) is 0.278. The van der Waals surface area contributed by atoms with E-state index in [0.717, 1.165) is 16.7 Å². The van der Waals surface area contributed by atoms with E-state index in [1.54, 1.807) is 12.4 Å². The minimum atomic E-state index is -1.09. The molecule has 0 aliphatic carbocycles. The summed E-state index contributed by atoms with van der Waals surface area (Å²) in [6, 6.07) is 10.2. The Bertz CT molecular complexity index is 709. The quantitative estimate of drug-likeness (QED) is 0.752. The molecule has 2 rings (SSSR count). The van der Waals surface area contributed by atoms with E-state index in [-0.39, 0.29) is 12.4 Å². The van der Waals surface area contributed by atoms with Crippen LogP contribution in [0.25, 0.3) is 0 Å². The van der Waals surface area contributed by atoms with E-state index in [4.69, 9.17) is 4.74 Å². The van der Waals surface area contributed by atoms with Crippen LogP contribution in [0.1, 0.15) is 16.7 Å². The van der Waals surface area contributed by atoms with Crippen molar-refractivity contribution in [2.24, 2.45) is 0 Å². The maximum absolute atomic E-state index is 11.8. The van der Waals surface area contributed by atoms with Crippen molar-refractivity contribution in [1.82, 2.24) is 10.3 Å². The lowest BCUT2D eigenvalue weighted by molar-refractivity contribution is -0.138. The normalized spacial score (nSPS) is 11.6. The van der Waals surface area contributed by atoms with Gasteiger partial charge in [-0.05, 0) is 23.6 Å². The van der Waals surface area contributed by atoms with Gasteiger partial charge in [0.25, 0.3) is 0 Å². The average Bonchev–Trinajstić information content (AvgIpc) is 2.60. The SMILES string of the molecule is Cc1cncc(CSCC(NC(=O)OCc2ccccc2)C(=O)O)c1. The third-order valence-corrected chi connectivity index (χ3v) is 4.39. The summed E-state index contributed by atoms with van der Waals surface area (Å²) in [6.45, 7) is 2.05. The second-order valence-corrected chi connectivity index (χ2v) is 6.51. The highest BCUT2D eigenvalue weighted by molar-refractivity contribution is 7.98. The van der Waals surface area contributed by atoms with Gasteiger partial charge in [-0.15, -0.1) is 0 Å². The van der Waals surface area contributed by atoms with Crippen molar-refractivity contribution < 1.29 is 19.4 Å². The number of benzene rings is 1. The number of aromatic nitrogens is 1. The number of thioether (sulfide) groups is 1. The number of pyridine rings is 1. The van der Waals surface area contributed by atoms with Gasteiger partial charge in [0, 0.05) is 23.9 Å². The van der Waals surface area contributed by atoms with Gasteiger partial charge in [0.2, 0.25) is 0 Å². The number of hydrogen-bond acceptors (Lipinski definition) is 5. The number of alkyl carbamates (subject to hydrolysis) is 1. The number of nitrogens with one attached hydrogen (secondary N) is 1. The summed E-state index contributed by atoms with van der Waals surface area (Å²) in [5, 5.41) is 11.6. The number of carboxylic acid groups (broad SMARTS) is 1. The molecule has 0 saturated heterocycles. The van der Waals surface area contributed by atoms with Crippen molar-refractivity contribution in [2.45, 2.75) is 25.3 Å². The Morgan fingerprint density at radius 1 is 1.24 bits per heavy atom. The van der Waals surface area contributed by atoms with E-state index in [0.29, 0.717) is 5.75 Å². The zero-order valence-electron chi connectivity index (χ0n) is 13.8. The Labute approximate surface area is 150 Å². The minimum absolute atomic E-state index is 0.0983. The first-order chi connectivity index (χ1) is 12.0. The van der Waals surface area contributed by atoms with Crippen LogP contribution < -0.4 is 5.32 Å². The lowest BCUT2D eigenvalue weighted by atomic mass is 10.2.